The molecular formula is C23H24N6O. The number of benzene rings is 1. The Labute approximate surface area is 174 Å². The summed E-state index contributed by atoms with van der Waals surface area (Å²) in [5.41, 5.74) is 6.11. The van der Waals surface area contributed by atoms with Crippen molar-refractivity contribution in [1.29, 1.82) is 0 Å². The van der Waals surface area contributed by atoms with Crippen molar-refractivity contribution in [2.75, 3.05) is 31.4 Å². The van der Waals surface area contributed by atoms with Gasteiger partial charge >= 0.3 is 0 Å². The molecule has 0 unspecified atom stereocenters. The fourth-order valence-electron chi connectivity index (χ4n) is 4.38. The third kappa shape index (κ3) is 3.17. The molecule has 1 aliphatic rings. The van der Waals surface area contributed by atoms with Gasteiger partial charge in [0.05, 0.1) is 17.3 Å². The largest absolute Gasteiger partial charge is 0.329 e. The second-order valence-corrected chi connectivity index (χ2v) is 7.79. The van der Waals surface area contributed by atoms with Crippen molar-refractivity contribution in [3.8, 4) is 0 Å². The van der Waals surface area contributed by atoms with Gasteiger partial charge in [0.2, 0.25) is 0 Å². The average Bonchev–Trinajstić information content (AvgIpc) is 3.35. The fourth-order valence-corrected chi connectivity index (χ4v) is 4.38. The maximum absolute atomic E-state index is 12.8. The SMILES string of the molecule is CNn1c([C@H]2CCCN2C)cc2cnc(NC(=O)c3ccc4cnccc4c3)cc21. The maximum atomic E-state index is 12.8. The number of nitrogens with one attached hydrogen (secondary N) is 2. The molecule has 4 aromatic rings. The molecule has 0 aliphatic carbocycles. The molecule has 30 heavy (non-hydrogen) atoms. The summed E-state index contributed by atoms with van der Waals surface area (Å²) < 4.78 is 2.10. The van der Waals surface area contributed by atoms with Crippen LogP contribution in [0.2, 0.25) is 0 Å². The molecule has 1 aliphatic heterocycles. The molecule has 1 aromatic carbocycles. The molecule has 0 radical (unpaired) electrons. The molecule has 7 nitrogen and oxygen atoms in total. The van der Waals surface area contributed by atoms with E-state index in [0.717, 1.165) is 34.6 Å². The first-order valence-electron chi connectivity index (χ1n) is 10.2. The molecule has 1 saturated heterocycles. The molecule has 7 heteroatoms. The van der Waals surface area contributed by atoms with Gasteiger partial charge in [-0.05, 0) is 56.1 Å². The Kier molecular flexibility index (Phi) is 4.59. The zero-order chi connectivity index (χ0) is 20.7. The number of nitrogens with zero attached hydrogens (tertiary/aromatic N) is 4. The third-order valence-corrected chi connectivity index (χ3v) is 5.94. The summed E-state index contributed by atoms with van der Waals surface area (Å²) >= 11 is 0. The van der Waals surface area contributed by atoms with Gasteiger partial charge in [0, 0.05) is 48.0 Å². The van der Waals surface area contributed by atoms with Gasteiger partial charge in [0.25, 0.3) is 5.91 Å². The van der Waals surface area contributed by atoms with Gasteiger partial charge in [0.15, 0.2) is 0 Å². The highest BCUT2D eigenvalue weighted by molar-refractivity contribution is 6.06. The minimum absolute atomic E-state index is 0.182. The van der Waals surface area contributed by atoms with Gasteiger partial charge in [-0.3, -0.25) is 19.4 Å². The lowest BCUT2D eigenvalue weighted by Crippen LogP contribution is -2.23. The molecule has 1 atom stereocenters. The number of aromatic nitrogens is 3. The lowest BCUT2D eigenvalue weighted by Gasteiger charge is -2.21. The number of rotatable bonds is 4. The van der Waals surface area contributed by atoms with Crippen molar-refractivity contribution in [2.45, 2.75) is 18.9 Å². The predicted molar refractivity (Wildman–Crippen MR) is 119 cm³/mol. The predicted octanol–water partition coefficient (Wildman–Crippen LogP) is 3.78. The first-order valence-corrected chi connectivity index (χ1v) is 10.2. The molecule has 4 heterocycles. The Hall–Kier alpha value is -3.45. The summed E-state index contributed by atoms with van der Waals surface area (Å²) in [6, 6.07) is 12.0. The van der Waals surface area contributed by atoms with E-state index in [0.29, 0.717) is 17.4 Å². The highest BCUT2D eigenvalue weighted by Crippen LogP contribution is 2.34. The first kappa shape index (κ1) is 18.6. The van der Waals surface area contributed by atoms with E-state index in [4.69, 9.17) is 0 Å². The summed E-state index contributed by atoms with van der Waals surface area (Å²) in [4.78, 5) is 23.8. The molecule has 1 amide bonds. The molecule has 2 N–H and O–H groups in total. The summed E-state index contributed by atoms with van der Waals surface area (Å²) in [6.07, 6.45) is 7.68. The van der Waals surface area contributed by atoms with E-state index in [-0.39, 0.29) is 5.91 Å². The van der Waals surface area contributed by atoms with Crippen LogP contribution in [0.4, 0.5) is 5.82 Å². The Morgan fingerprint density at radius 3 is 2.80 bits per heavy atom. The number of anilines is 1. The quantitative estimate of drug-likeness (QED) is 0.545. The number of carbonyl (C=O) groups excluding carboxylic acids is 1. The molecule has 152 valence electrons. The van der Waals surface area contributed by atoms with E-state index >= 15 is 0 Å². The van der Waals surface area contributed by atoms with Crippen molar-refractivity contribution >= 4 is 33.4 Å². The maximum Gasteiger partial charge on any atom is 0.256 e. The Morgan fingerprint density at radius 2 is 2.00 bits per heavy atom. The zero-order valence-electron chi connectivity index (χ0n) is 17.1. The lowest BCUT2D eigenvalue weighted by molar-refractivity contribution is 0.102. The number of fused-ring (bicyclic) bond motifs is 2. The summed E-state index contributed by atoms with van der Waals surface area (Å²) in [7, 11) is 4.08. The number of likely N-dealkylation sites (tertiary alicyclic amines) is 1. The van der Waals surface area contributed by atoms with Crippen molar-refractivity contribution in [3.63, 3.8) is 0 Å². The molecule has 1 fully saturated rings. The second kappa shape index (κ2) is 7.42. The van der Waals surface area contributed by atoms with Crippen LogP contribution in [-0.4, -0.2) is 46.1 Å². The van der Waals surface area contributed by atoms with Crippen molar-refractivity contribution in [1.82, 2.24) is 19.5 Å². The van der Waals surface area contributed by atoms with Crippen LogP contribution in [0.15, 0.2) is 55.0 Å². The van der Waals surface area contributed by atoms with Crippen LogP contribution >= 0.6 is 0 Å². The van der Waals surface area contributed by atoms with Crippen LogP contribution in [0.1, 0.15) is 34.9 Å². The molecule has 5 rings (SSSR count). The van der Waals surface area contributed by atoms with Crippen molar-refractivity contribution in [2.24, 2.45) is 0 Å². The summed E-state index contributed by atoms with van der Waals surface area (Å²) in [5.74, 6) is 0.349. The Morgan fingerprint density at radius 1 is 1.10 bits per heavy atom. The number of pyridine rings is 2. The van der Waals surface area contributed by atoms with Gasteiger partial charge in [-0.1, -0.05) is 6.07 Å². The van der Waals surface area contributed by atoms with Gasteiger partial charge in [-0.25, -0.2) is 4.98 Å². The van der Waals surface area contributed by atoms with Gasteiger partial charge in [-0.2, -0.15) is 0 Å². The minimum atomic E-state index is -0.182. The molecular weight excluding hydrogens is 376 g/mol. The highest BCUT2D eigenvalue weighted by atomic mass is 16.1. The monoisotopic (exact) mass is 400 g/mol. The number of hydrogen-bond donors (Lipinski definition) is 2. The fraction of sp³-hybridized carbons (Fsp3) is 0.261. The van der Waals surface area contributed by atoms with Crippen LogP contribution < -0.4 is 10.7 Å². The highest BCUT2D eigenvalue weighted by Gasteiger charge is 2.26. The van der Waals surface area contributed by atoms with Gasteiger partial charge in [-0.15, -0.1) is 0 Å². The minimum Gasteiger partial charge on any atom is -0.329 e. The van der Waals surface area contributed by atoms with E-state index in [1.165, 1.54) is 12.1 Å². The van der Waals surface area contributed by atoms with E-state index in [2.05, 4.69) is 43.4 Å². The van der Waals surface area contributed by atoms with Crippen molar-refractivity contribution < 1.29 is 4.79 Å². The molecule has 0 saturated carbocycles. The Balaban J connectivity index is 1.46. The molecule has 0 spiro atoms. The Bertz CT molecular complexity index is 1250. The normalized spacial score (nSPS) is 16.9. The molecule has 0 bridgehead atoms. The molecule has 3 aromatic heterocycles. The smallest absolute Gasteiger partial charge is 0.256 e. The number of carbonyl (C=O) groups is 1. The number of amides is 1. The van der Waals surface area contributed by atoms with E-state index in [1.54, 1.807) is 12.4 Å². The zero-order valence-corrected chi connectivity index (χ0v) is 17.1. The number of hydrogen-bond acceptors (Lipinski definition) is 5. The topological polar surface area (TPSA) is 75.1 Å². The van der Waals surface area contributed by atoms with Crippen LogP contribution in [0.25, 0.3) is 21.7 Å². The average molecular weight is 400 g/mol. The van der Waals surface area contributed by atoms with Crippen molar-refractivity contribution in [3.05, 3.63) is 66.2 Å². The lowest BCUT2D eigenvalue weighted by atomic mass is 10.1. The summed E-state index contributed by atoms with van der Waals surface area (Å²) in [6.45, 7) is 1.11. The third-order valence-electron chi connectivity index (χ3n) is 5.94. The van der Waals surface area contributed by atoms with E-state index in [9.17, 15) is 4.79 Å². The second-order valence-electron chi connectivity index (χ2n) is 7.79. The van der Waals surface area contributed by atoms with Gasteiger partial charge in [0.1, 0.15) is 5.82 Å². The van der Waals surface area contributed by atoms with Crippen LogP contribution in [0, 0.1) is 0 Å². The van der Waals surface area contributed by atoms with Gasteiger partial charge < -0.3 is 10.7 Å². The van der Waals surface area contributed by atoms with Crippen LogP contribution in [0.3, 0.4) is 0 Å². The summed E-state index contributed by atoms with van der Waals surface area (Å²) in [5, 5.41) is 5.97. The van der Waals surface area contributed by atoms with E-state index in [1.807, 2.05) is 43.6 Å². The first-order chi connectivity index (χ1) is 14.6. The van der Waals surface area contributed by atoms with Crippen LogP contribution in [-0.2, 0) is 0 Å². The van der Waals surface area contributed by atoms with E-state index < -0.39 is 0 Å². The standard InChI is InChI=1S/C23H24N6O/c1-24-29-20-12-22(26-14-18(20)11-21(29)19-4-3-9-28(19)2)27-23(30)16-5-6-17-13-25-8-7-15(17)10-16/h5-8,10-14,19,24H,3-4,9H2,1-2H3,(H,26,27,30)/t19-/m1/s1. The van der Waals surface area contributed by atoms with Crippen LogP contribution in [0.5, 0.6) is 0 Å².